The summed E-state index contributed by atoms with van der Waals surface area (Å²) in [5.41, 5.74) is 0.536. The number of carbonyl (C=O) groups is 1. The lowest BCUT2D eigenvalue weighted by atomic mass is 10.1. The fraction of sp³-hybridized carbons (Fsp3) is 0.333. The number of rotatable bonds is 6. The molecule has 0 amide bonds. The summed E-state index contributed by atoms with van der Waals surface area (Å²) < 4.78 is 45.1. The van der Waals surface area contributed by atoms with E-state index in [9.17, 15) is 21.6 Å². The van der Waals surface area contributed by atoms with Crippen LogP contribution in [0, 0.1) is 11.3 Å². The molecular formula is C12H13NO5S2. The van der Waals surface area contributed by atoms with Crippen LogP contribution < -0.4 is 0 Å². The van der Waals surface area contributed by atoms with E-state index in [1.807, 2.05) is 6.07 Å². The lowest BCUT2D eigenvalue weighted by molar-refractivity contribution is 0.102. The van der Waals surface area contributed by atoms with Gasteiger partial charge in [0.1, 0.15) is 15.6 Å². The number of Topliss-reactive ketones (excluding diaryl/α,β-unsaturated/α-hetero) is 1. The van der Waals surface area contributed by atoms with Crippen LogP contribution in [0.5, 0.6) is 0 Å². The smallest absolute Gasteiger partial charge is 0.177 e. The second kappa shape index (κ2) is 6.15. The number of ketones is 1. The average molecular weight is 315 g/mol. The van der Waals surface area contributed by atoms with Gasteiger partial charge >= 0.3 is 0 Å². The van der Waals surface area contributed by atoms with E-state index in [0.29, 0.717) is 5.56 Å². The summed E-state index contributed by atoms with van der Waals surface area (Å²) in [5, 5.41) is 8.61. The summed E-state index contributed by atoms with van der Waals surface area (Å²) in [4.78, 5) is 11.8. The topological polar surface area (TPSA) is 109 Å². The third-order valence-corrected chi connectivity index (χ3v) is 5.18. The van der Waals surface area contributed by atoms with Crippen molar-refractivity contribution in [2.75, 3.05) is 23.5 Å². The van der Waals surface area contributed by atoms with Crippen LogP contribution in [0.15, 0.2) is 24.3 Å². The molecule has 20 heavy (non-hydrogen) atoms. The molecule has 1 aromatic carbocycles. The molecule has 0 aliphatic carbocycles. The Kier molecular flexibility index (Phi) is 5.03. The van der Waals surface area contributed by atoms with Crippen LogP contribution in [-0.2, 0) is 19.7 Å². The first kappa shape index (κ1) is 16.3. The molecule has 0 saturated heterocycles. The Bertz CT molecular complexity index is 740. The van der Waals surface area contributed by atoms with Gasteiger partial charge in [-0.3, -0.25) is 4.79 Å². The fourth-order valence-corrected chi connectivity index (χ4v) is 4.30. The number of hydrogen-bond acceptors (Lipinski definition) is 6. The lowest BCUT2D eigenvalue weighted by Crippen LogP contribution is -2.23. The maximum absolute atomic E-state index is 11.8. The third-order valence-electron chi connectivity index (χ3n) is 2.45. The van der Waals surface area contributed by atoms with E-state index < -0.39 is 42.7 Å². The Morgan fingerprint density at radius 3 is 2.10 bits per heavy atom. The van der Waals surface area contributed by atoms with Crippen LogP contribution in [0.2, 0.25) is 0 Å². The second-order valence-electron chi connectivity index (χ2n) is 4.33. The van der Waals surface area contributed by atoms with Crippen molar-refractivity contribution in [1.82, 2.24) is 0 Å². The van der Waals surface area contributed by atoms with Crippen molar-refractivity contribution < 1.29 is 21.6 Å². The predicted molar refractivity (Wildman–Crippen MR) is 73.9 cm³/mol. The van der Waals surface area contributed by atoms with Crippen LogP contribution >= 0.6 is 0 Å². The maximum atomic E-state index is 11.8. The van der Waals surface area contributed by atoms with Gasteiger partial charge < -0.3 is 0 Å². The quantitative estimate of drug-likeness (QED) is 0.694. The molecule has 0 aliphatic rings. The van der Waals surface area contributed by atoms with E-state index in [-0.39, 0.29) is 5.56 Å². The minimum absolute atomic E-state index is 0.173. The zero-order valence-corrected chi connectivity index (χ0v) is 12.4. The van der Waals surface area contributed by atoms with Crippen molar-refractivity contribution in [2.45, 2.75) is 0 Å². The largest absolute Gasteiger partial charge is 0.293 e. The molecule has 0 unspecified atom stereocenters. The third kappa shape index (κ3) is 5.50. The fourth-order valence-electron chi connectivity index (χ4n) is 1.36. The van der Waals surface area contributed by atoms with Gasteiger partial charge in [0.05, 0.1) is 23.1 Å². The summed E-state index contributed by atoms with van der Waals surface area (Å²) in [6.07, 6.45) is 0.935. The highest BCUT2D eigenvalue weighted by atomic mass is 32.2. The van der Waals surface area contributed by atoms with Crippen molar-refractivity contribution in [3.8, 4) is 6.07 Å². The van der Waals surface area contributed by atoms with Crippen molar-refractivity contribution in [3.05, 3.63) is 35.4 Å². The molecule has 0 spiro atoms. The molecule has 0 saturated carbocycles. The van der Waals surface area contributed by atoms with E-state index in [2.05, 4.69) is 0 Å². The van der Waals surface area contributed by atoms with Crippen LogP contribution in [-0.4, -0.2) is 46.1 Å². The van der Waals surface area contributed by atoms with Crippen LogP contribution in [0.25, 0.3) is 0 Å². The molecule has 6 nitrogen and oxygen atoms in total. The lowest BCUT2D eigenvalue weighted by Gasteiger charge is -2.03. The normalized spacial score (nSPS) is 11.8. The van der Waals surface area contributed by atoms with Gasteiger partial charge in [-0.05, 0) is 12.1 Å². The molecular weight excluding hydrogens is 302 g/mol. The van der Waals surface area contributed by atoms with Gasteiger partial charge in [-0.15, -0.1) is 0 Å². The van der Waals surface area contributed by atoms with Crippen molar-refractivity contribution in [3.63, 3.8) is 0 Å². The van der Waals surface area contributed by atoms with E-state index in [4.69, 9.17) is 5.26 Å². The van der Waals surface area contributed by atoms with E-state index in [1.54, 1.807) is 0 Å². The minimum atomic E-state index is -3.77. The molecule has 0 heterocycles. The van der Waals surface area contributed by atoms with Gasteiger partial charge in [0, 0.05) is 11.8 Å². The highest BCUT2D eigenvalue weighted by molar-refractivity contribution is 7.95. The van der Waals surface area contributed by atoms with Gasteiger partial charge in [-0.1, -0.05) is 12.1 Å². The first-order chi connectivity index (χ1) is 9.13. The van der Waals surface area contributed by atoms with Crippen molar-refractivity contribution in [1.29, 1.82) is 5.26 Å². The molecule has 0 aromatic heterocycles. The average Bonchev–Trinajstić information content (AvgIpc) is 2.35. The summed E-state index contributed by atoms with van der Waals surface area (Å²) >= 11 is 0. The van der Waals surface area contributed by atoms with E-state index >= 15 is 0 Å². The summed E-state index contributed by atoms with van der Waals surface area (Å²) in [5.74, 6) is -2.44. The molecule has 0 bridgehead atoms. The molecule has 108 valence electrons. The maximum Gasteiger partial charge on any atom is 0.177 e. The van der Waals surface area contributed by atoms with E-state index in [0.717, 1.165) is 6.26 Å². The number of nitrogens with zero attached hydrogens (tertiary/aromatic N) is 1. The van der Waals surface area contributed by atoms with E-state index in [1.165, 1.54) is 24.3 Å². The number of sulfone groups is 2. The van der Waals surface area contributed by atoms with Crippen LogP contribution in [0.1, 0.15) is 15.9 Å². The second-order valence-corrected chi connectivity index (χ2v) is 8.78. The van der Waals surface area contributed by atoms with Crippen LogP contribution in [0.4, 0.5) is 0 Å². The molecule has 8 heteroatoms. The number of benzene rings is 1. The SMILES string of the molecule is CS(=O)(=O)CCS(=O)(=O)CC(=O)c1ccc(C#N)cc1. The van der Waals surface area contributed by atoms with Gasteiger partial charge in [-0.2, -0.15) is 5.26 Å². The predicted octanol–water partition coefficient (Wildman–Crippen LogP) is 0.200. The zero-order valence-electron chi connectivity index (χ0n) is 10.7. The molecule has 0 aliphatic heterocycles. The molecule has 1 rings (SSSR count). The monoisotopic (exact) mass is 315 g/mol. The Morgan fingerprint density at radius 1 is 1.10 bits per heavy atom. The Hall–Kier alpha value is -1.72. The number of nitriles is 1. The van der Waals surface area contributed by atoms with Gasteiger partial charge in [0.2, 0.25) is 0 Å². The Labute approximate surface area is 117 Å². The highest BCUT2D eigenvalue weighted by Gasteiger charge is 2.20. The first-order valence-corrected chi connectivity index (χ1v) is 9.43. The summed E-state index contributed by atoms with van der Waals surface area (Å²) in [6, 6.07) is 7.44. The number of hydrogen-bond donors (Lipinski definition) is 0. The van der Waals surface area contributed by atoms with Gasteiger partial charge in [-0.25, -0.2) is 16.8 Å². The minimum Gasteiger partial charge on any atom is -0.293 e. The Balaban J connectivity index is 2.76. The van der Waals surface area contributed by atoms with Gasteiger partial charge in [0.25, 0.3) is 0 Å². The molecule has 0 radical (unpaired) electrons. The standard InChI is InChI=1S/C12H13NO5S2/c1-19(15,16)6-7-20(17,18)9-12(14)11-4-2-10(8-13)3-5-11/h2-5H,6-7,9H2,1H3. The molecule has 0 N–H and O–H groups in total. The highest BCUT2D eigenvalue weighted by Crippen LogP contribution is 2.06. The van der Waals surface area contributed by atoms with Crippen LogP contribution in [0.3, 0.4) is 0 Å². The Morgan fingerprint density at radius 2 is 1.65 bits per heavy atom. The van der Waals surface area contributed by atoms with Gasteiger partial charge in [0.15, 0.2) is 15.6 Å². The zero-order chi connectivity index (χ0) is 15.4. The molecule has 0 atom stereocenters. The summed E-state index contributed by atoms with van der Waals surface area (Å²) in [7, 11) is -7.16. The molecule has 0 fully saturated rings. The molecule has 1 aromatic rings. The van der Waals surface area contributed by atoms with Crippen molar-refractivity contribution >= 4 is 25.5 Å². The van der Waals surface area contributed by atoms with Crippen molar-refractivity contribution in [2.24, 2.45) is 0 Å². The first-order valence-electron chi connectivity index (χ1n) is 5.54. The summed E-state index contributed by atoms with van der Waals surface area (Å²) in [6.45, 7) is 0. The number of carbonyl (C=O) groups excluding carboxylic acids is 1.